The minimum Gasteiger partial charge on any atom is -0.358 e. The van der Waals surface area contributed by atoms with E-state index < -0.39 is 0 Å². The lowest BCUT2D eigenvalue weighted by Crippen LogP contribution is -2.47. The van der Waals surface area contributed by atoms with Crippen LogP contribution in [0.25, 0.3) is 0 Å². The number of benzene rings is 1. The summed E-state index contributed by atoms with van der Waals surface area (Å²) in [5, 5.41) is 6.03. The number of hydrogen-bond donors (Lipinski definition) is 2. The zero-order chi connectivity index (χ0) is 13.5. The zero-order valence-corrected chi connectivity index (χ0v) is 11.7. The third kappa shape index (κ3) is 4.35. The molecule has 19 heavy (non-hydrogen) atoms. The van der Waals surface area contributed by atoms with E-state index in [-0.39, 0.29) is 11.9 Å². The number of hydrogen-bond acceptors (Lipinski definition) is 2. The summed E-state index contributed by atoms with van der Waals surface area (Å²) in [5.41, 5.74) is 1.42. The molecule has 1 fully saturated rings. The van der Waals surface area contributed by atoms with Gasteiger partial charge in [0.1, 0.15) is 0 Å². The molecule has 1 heterocycles. The topological polar surface area (TPSA) is 41.1 Å². The molecule has 2 unspecified atom stereocenters. The Balaban J connectivity index is 1.72. The first-order valence-electron chi connectivity index (χ1n) is 7.28. The van der Waals surface area contributed by atoms with Crippen molar-refractivity contribution in [3.05, 3.63) is 35.9 Å². The van der Waals surface area contributed by atoms with Crippen LogP contribution in [0.15, 0.2) is 30.3 Å². The lowest BCUT2D eigenvalue weighted by atomic mass is 9.87. The highest BCUT2D eigenvalue weighted by Gasteiger charge is 2.25. The van der Waals surface area contributed by atoms with Crippen molar-refractivity contribution < 1.29 is 4.79 Å². The van der Waals surface area contributed by atoms with Crippen molar-refractivity contribution in [1.29, 1.82) is 0 Å². The zero-order valence-electron chi connectivity index (χ0n) is 11.7. The second-order valence-electron chi connectivity index (χ2n) is 5.39. The Bertz CT molecular complexity index is 391. The predicted octanol–water partition coefficient (Wildman–Crippen LogP) is 2.12. The fourth-order valence-electron chi connectivity index (χ4n) is 2.87. The maximum Gasteiger partial charge on any atom is 0.236 e. The molecule has 3 heteroatoms. The molecule has 0 saturated carbocycles. The van der Waals surface area contributed by atoms with E-state index in [1.165, 1.54) is 24.8 Å². The number of amides is 1. The Morgan fingerprint density at radius 1 is 1.37 bits per heavy atom. The van der Waals surface area contributed by atoms with Crippen molar-refractivity contribution >= 4 is 5.91 Å². The minimum atomic E-state index is 0.0143. The molecule has 2 N–H and O–H groups in total. The van der Waals surface area contributed by atoms with Crippen molar-refractivity contribution in [2.75, 3.05) is 13.6 Å². The average Bonchev–Trinajstić information content (AvgIpc) is 2.48. The van der Waals surface area contributed by atoms with Gasteiger partial charge in [0.25, 0.3) is 0 Å². The average molecular weight is 260 g/mol. The maximum absolute atomic E-state index is 11.6. The molecule has 0 aliphatic carbocycles. The molecule has 0 bridgehead atoms. The van der Waals surface area contributed by atoms with Gasteiger partial charge in [-0.05, 0) is 43.7 Å². The molecule has 1 aromatic rings. The van der Waals surface area contributed by atoms with Gasteiger partial charge in [-0.3, -0.25) is 4.79 Å². The number of nitrogens with one attached hydrogen (secondary N) is 2. The monoisotopic (exact) mass is 260 g/mol. The fourth-order valence-corrected chi connectivity index (χ4v) is 2.87. The van der Waals surface area contributed by atoms with E-state index in [0.717, 1.165) is 19.4 Å². The molecule has 2 rings (SSSR count). The molecule has 1 saturated heterocycles. The van der Waals surface area contributed by atoms with Crippen molar-refractivity contribution in [3.8, 4) is 0 Å². The quantitative estimate of drug-likeness (QED) is 0.851. The van der Waals surface area contributed by atoms with Crippen LogP contribution in [0.5, 0.6) is 0 Å². The van der Waals surface area contributed by atoms with Crippen LogP contribution in [0, 0.1) is 5.92 Å². The number of rotatable bonds is 5. The highest BCUT2D eigenvalue weighted by Crippen LogP contribution is 2.22. The Kier molecular flexibility index (Phi) is 5.40. The number of piperidine rings is 1. The van der Waals surface area contributed by atoms with Crippen LogP contribution >= 0.6 is 0 Å². The summed E-state index contributed by atoms with van der Waals surface area (Å²) in [6, 6.07) is 10.7. The van der Waals surface area contributed by atoms with E-state index in [2.05, 4.69) is 41.0 Å². The van der Waals surface area contributed by atoms with Gasteiger partial charge in [-0.2, -0.15) is 0 Å². The first kappa shape index (κ1) is 14.1. The maximum atomic E-state index is 11.6. The van der Waals surface area contributed by atoms with E-state index in [9.17, 15) is 4.79 Å². The SMILES string of the molecule is CNC(=O)C1CC(CCCc2ccccc2)CCN1. The lowest BCUT2D eigenvalue weighted by molar-refractivity contribution is -0.123. The van der Waals surface area contributed by atoms with Crippen molar-refractivity contribution in [2.45, 2.75) is 38.1 Å². The second kappa shape index (κ2) is 7.29. The van der Waals surface area contributed by atoms with Crippen molar-refractivity contribution in [2.24, 2.45) is 5.92 Å². The summed E-state index contributed by atoms with van der Waals surface area (Å²) in [5.74, 6) is 0.819. The molecule has 1 aliphatic rings. The van der Waals surface area contributed by atoms with Gasteiger partial charge < -0.3 is 10.6 Å². The van der Waals surface area contributed by atoms with Gasteiger partial charge in [-0.1, -0.05) is 36.8 Å². The summed E-state index contributed by atoms with van der Waals surface area (Å²) >= 11 is 0. The van der Waals surface area contributed by atoms with Crippen LogP contribution in [0.1, 0.15) is 31.2 Å². The van der Waals surface area contributed by atoms with Crippen molar-refractivity contribution in [3.63, 3.8) is 0 Å². The van der Waals surface area contributed by atoms with Crippen LogP contribution in [0.2, 0.25) is 0 Å². The highest BCUT2D eigenvalue weighted by atomic mass is 16.2. The van der Waals surface area contributed by atoms with E-state index in [0.29, 0.717) is 5.92 Å². The summed E-state index contributed by atoms with van der Waals surface area (Å²) in [7, 11) is 1.71. The van der Waals surface area contributed by atoms with Crippen molar-refractivity contribution in [1.82, 2.24) is 10.6 Å². The third-order valence-corrected chi connectivity index (χ3v) is 4.00. The van der Waals surface area contributed by atoms with Crippen LogP contribution in [0.3, 0.4) is 0 Å². The number of likely N-dealkylation sites (N-methyl/N-ethyl adjacent to an activating group) is 1. The number of carbonyl (C=O) groups is 1. The largest absolute Gasteiger partial charge is 0.358 e. The summed E-state index contributed by atoms with van der Waals surface area (Å²) in [6.45, 7) is 0.966. The summed E-state index contributed by atoms with van der Waals surface area (Å²) < 4.78 is 0. The molecule has 104 valence electrons. The summed E-state index contributed by atoms with van der Waals surface area (Å²) in [6.07, 6.45) is 5.77. The molecule has 1 aliphatic heterocycles. The van der Waals surface area contributed by atoms with Crippen LogP contribution < -0.4 is 10.6 Å². The second-order valence-corrected chi connectivity index (χ2v) is 5.39. The van der Waals surface area contributed by atoms with E-state index in [4.69, 9.17) is 0 Å². The number of carbonyl (C=O) groups excluding carboxylic acids is 1. The van der Waals surface area contributed by atoms with E-state index >= 15 is 0 Å². The molecule has 1 amide bonds. The highest BCUT2D eigenvalue weighted by molar-refractivity contribution is 5.81. The molecule has 2 atom stereocenters. The van der Waals surface area contributed by atoms with Gasteiger partial charge in [-0.25, -0.2) is 0 Å². The molecule has 0 spiro atoms. The van der Waals surface area contributed by atoms with Crippen LogP contribution in [-0.2, 0) is 11.2 Å². The Morgan fingerprint density at radius 2 is 2.16 bits per heavy atom. The Labute approximate surface area is 115 Å². The fraction of sp³-hybridized carbons (Fsp3) is 0.562. The van der Waals surface area contributed by atoms with Gasteiger partial charge in [0.05, 0.1) is 6.04 Å². The lowest BCUT2D eigenvalue weighted by Gasteiger charge is -2.29. The van der Waals surface area contributed by atoms with Gasteiger partial charge >= 0.3 is 0 Å². The number of aryl methyl sites for hydroxylation is 1. The molecule has 0 radical (unpaired) electrons. The molecular formula is C16H24N2O. The molecule has 0 aromatic heterocycles. The Hall–Kier alpha value is -1.35. The van der Waals surface area contributed by atoms with Crippen LogP contribution in [0.4, 0.5) is 0 Å². The van der Waals surface area contributed by atoms with Crippen LogP contribution in [-0.4, -0.2) is 25.5 Å². The standard InChI is InChI=1S/C16H24N2O/c1-17-16(19)15-12-14(10-11-18-15)9-5-8-13-6-3-2-4-7-13/h2-4,6-7,14-15,18H,5,8-12H2,1H3,(H,17,19). The van der Waals surface area contributed by atoms with Gasteiger partial charge in [-0.15, -0.1) is 0 Å². The van der Waals surface area contributed by atoms with Gasteiger partial charge in [0.2, 0.25) is 5.91 Å². The first-order valence-corrected chi connectivity index (χ1v) is 7.28. The third-order valence-electron chi connectivity index (χ3n) is 4.00. The first-order chi connectivity index (χ1) is 9.29. The Morgan fingerprint density at radius 3 is 2.89 bits per heavy atom. The predicted molar refractivity (Wildman–Crippen MR) is 78.0 cm³/mol. The van der Waals surface area contributed by atoms with Gasteiger partial charge in [0.15, 0.2) is 0 Å². The van der Waals surface area contributed by atoms with E-state index in [1.807, 2.05) is 0 Å². The molecular weight excluding hydrogens is 236 g/mol. The molecule has 1 aromatic carbocycles. The van der Waals surface area contributed by atoms with E-state index in [1.54, 1.807) is 7.05 Å². The normalized spacial score (nSPS) is 23.0. The smallest absolute Gasteiger partial charge is 0.236 e. The van der Waals surface area contributed by atoms with Gasteiger partial charge in [0, 0.05) is 7.05 Å². The minimum absolute atomic E-state index is 0.0143. The molecule has 3 nitrogen and oxygen atoms in total. The summed E-state index contributed by atoms with van der Waals surface area (Å²) in [4.78, 5) is 11.6.